The van der Waals surface area contributed by atoms with E-state index in [2.05, 4.69) is 20.9 Å². The van der Waals surface area contributed by atoms with E-state index >= 15 is 0 Å². The normalized spacial score (nSPS) is 11.8. The van der Waals surface area contributed by atoms with Crippen LogP contribution >= 0.6 is 15.9 Å². The van der Waals surface area contributed by atoms with Crippen molar-refractivity contribution < 1.29 is 14.3 Å². The van der Waals surface area contributed by atoms with Gasteiger partial charge in [0.2, 0.25) is 5.83 Å². The molecule has 1 aromatic heterocycles. The lowest BCUT2D eigenvalue weighted by atomic mass is 10.1. The molecule has 1 heterocycles. The number of benzene rings is 1. The van der Waals surface area contributed by atoms with Crippen molar-refractivity contribution in [1.82, 2.24) is 4.98 Å². The summed E-state index contributed by atoms with van der Waals surface area (Å²) in [4.78, 5) is 14.6. The number of aromatic nitrogens is 1. The summed E-state index contributed by atoms with van der Waals surface area (Å²) in [6.07, 6.45) is 2.54. The number of rotatable bonds is 2. The Labute approximate surface area is 105 Å². The molecule has 1 N–H and O–H groups in total. The number of fused-ring (bicyclic) bond motifs is 1. The average Bonchev–Trinajstić information content (AvgIpc) is 2.33. The zero-order valence-corrected chi connectivity index (χ0v) is 10.1. The van der Waals surface area contributed by atoms with Gasteiger partial charge in [-0.05, 0) is 18.2 Å². The van der Waals surface area contributed by atoms with E-state index in [0.717, 1.165) is 15.9 Å². The molecule has 0 spiro atoms. The number of carbonyl (C=O) groups is 1. The molecule has 0 aliphatic carbocycles. The maximum atomic E-state index is 13.1. The minimum Gasteiger partial charge on any atom is -0.476 e. The van der Waals surface area contributed by atoms with Crippen LogP contribution in [0.2, 0.25) is 0 Å². The SMILES string of the molecule is O=C(O)/C(F)=C/c1ccc(Br)c2cccnc12. The Bertz CT molecular complexity index is 625. The van der Waals surface area contributed by atoms with Crippen LogP contribution in [0.4, 0.5) is 4.39 Å². The maximum absolute atomic E-state index is 13.1. The molecule has 0 radical (unpaired) electrons. The van der Waals surface area contributed by atoms with E-state index in [-0.39, 0.29) is 0 Å². The van der Waals surface area contributed by atoms with E-state index in [0.29, 0.717) is 11.1 Å². The van der Waals surface area contributed by atoms with Crippen LogP contribution in [0.25, 0.3) is 17.0 Å². The molecule has 0 fully saturated rings. The number of carboxylic acid groups (broad SMARTS) is 1. The van der Waals surface area contributed by atoms with Gasteiger partial charge in [-0.25, -0.2) is 4.79 Å². The molecule has 86 valence electrons. The van der Waals surface area contributed by atoms with Gasteiger partial charge in [-0.3, -0.25) is 4.98 Å². The summed E-state index contributed by atoms with van der Waals surface area (Å²) in [5.41, 5.74) is 0.988. The smallest absolute Gasteiger partial charge is 0.364 e. The molecule has 0 amide bonds. The van der Waals surface area contributed by atoms with Crippen molar-refractivity contribution in [2.75, 3.05) is 0 Å². The molecule has 2 rings (SSSR count). The van der Waals surface area contributed by atoms with E-state index in [9.17, 15) is 9.18 Å². The third-order valence-electron chi connectivity index (χ3n) is 2.23. The molecule has 17 heavy (non-hydrogen) atoms. The first kappa shape index (κ1) is 11.7. The van der Waals surface area contributed by atoms with E-state index in [1.165, 1.54) is 0 Å². The second kappa shape index (κ2) is 4.63. The predicted molar refractivity (Wildman–Crippen MR) is 66.2 cm³/mol. The van der Waals surface area contributed by atoms with Crippen LogP contribution in [0.1, 0.15) is 5.56 Å². The van der Waals surface area contributed by atoms with Crippen molar-refractivity contribution in [3.8, 4) is 0 Å². The van der Waals surface area contributed by atoms with Crippen LogP contribution in [0.5, 0.6) is 0 Å². The van der Waals surface area contributed by atoms with Crippen LogP contribution in [-0.4, -0.2) is 16.1 Å². The zero-order valence-electron chi connectivity index (χ0n) is 8.52. The van der Waals surface area contributed by atoms with E-state index in [1.807, 2.05) is 6.07 Å². The topological polar surface area (TPSA) is 50.2 Å². The van der Waals surface area contributed by atoms with Crippen molar-refractivity contribution in [2.24, 2.45) is 0 Å². The minimum absolute atomic E-state index is 0.434. The number of aliphatic carboxylic acids is 1. The molecular formula is C12H7BrFNO2. The number of pyridine rings is 1. The molecule has 0 aliphatic rings. The summed E-state index contributed by atoms with van der Waals surface area (Å²) < 4.78 is 13.9. The fourth-order valence-corrected chi connectivity index (χ4v) is 1.93. The van der Waals surface area contributed by atoms with E-state index < -0.39 is 11.8 Å². The van der Waals surface area contributed by atoms with Crippen LogP contribution in [0.3, 0.4) is 0 Å². The van der Waals surface area contributed by atoms with Crippen molar-refractivity contribution in [3.05, 3.63) is 46.3 Å². The lowest BCUT2D eigenvalue weighted by molar-refractivity contribution is -0.134. The van der Waals surface area contributed by atoms with Gasteiger partial charge in [-0.2, -0.15) is 4.39 Å². The number of nitrogens with zero attached hydrogens (tertiary/aromatic N) is 1. The van der Waals surface area contributed by atoms with Crippen molar-refractivity contribution in [1.29, 1.82) is 0 Å². The third-order valence-corrected chi connectivity index (χ3v) is 2.93. The van der Waals surface area contributed by atoms with Crippen LogP contribution in [0.15, 0.2) is 40.8 Å². The summed E-state index contributed by atoms with van der Waals surface area (Å²) in [5, 5.41) is 9.30. The number of carboxylic acids is 1. The monoisotopic (exact) mass is 295 g/mol. The summed E-state index contributed by atoms with van der Waals surface area (Å²) in [6.45, 7) is 0. The van der Waals surface area contributed by atoms with Gasteiger partial charge < -0.3 is 5.11 Å². The highest BCUT2D eigenvalue weighted by Gasteiger charge is 2.08. The molecular weight excluding hydrogens is 289 g/mol. The fourth-order valence-electron chi connectivity index (χ4n) is 1.47. The lowest BCUT2D eigenvalue weighted by Gasteiger charge is -2.03. The zero-order chi connectivity index (χ0) is 12.4. The van der Waals surface area contributed by atoms with Crippen molar-refractivity contribution in [3.63, 3.8) is 0 Å². The van der Waals surface area contributed by atoms with Gasteiger partial charge in [0, 0.05) is 21.6 Å². The minimum atomic E-state index is -1.59. The molecule has 5 heteroatoms. The number of halogens is 2. The molecule has 1 aromatic carbocycles. The Balaban J connectivity index is 2.68. The van der Waals surface area contributed by atoms with Crippen LogP contribution in [0, 0.1) is 0 Å². The molecule has 0 bridgehead atoms. The van der Waals surface area contributed by atoms with Gasteiger partial charge in [-0.15, -0.1) is 0 Å². The van der Waals surface area contributed by atoms with E-state index in [4.69, 9.17) is 5.11 Å². The molecule has 3 nitrogen and oxygen atoms in total. The van der Waals surface area contributed by atoms with Gasteiger partial charge in [0.25, 0.3) is 0 Å². The van der Waals surface area contributed by atoms with Crippen molar-refractivity contribution in [2.45, 2.75) is 0 Å². The van der Waals surface area contributed by atoms with Gasteiger partial charge in [0.15, 0.2) is 0 Å². The van der Waals surface area contributed by atoms with Gasteiger partial charge in [-0.1, -0.05) is 28.1 Å². The third kappa shape index (κ3) is 2.34. The highest BCUT2D eigenvalue weighted by atomic mass is 79.9. The first-order valence-electron chi connectivity index (χ1n) is 4.73. The predicted octanol–water partition coefficient (Wildman–Crippen LogP) is 3.39. The Hall–Kier alpha value is -1.75. The highest BCUT2D eigenvalue weighted by molar-refractivity contribution is 9.10. The lowest BCUT2D eigenvalue weighted by Crippen LogP contribution is -1.94. The maximum Gasteiger partial charge on any atom is 0.364 e. The largest absolute Gasteiger partial charge is 0.476 e. The summed E-state index contributed by atoms with van der Waals surface area (Å²) in [5.74, 6) is -2.80. The standard InChI is InChI=1S/C12H7BrFNO2/c13-9-4-3-7(6-10(14)12(16)17)11-8(9)2-1-5-15-11/h1-6H,(H,16,17)/b10-6-. The van der Waals surface area contributed by atoms with Crippen LogP contribution in [-0.2, 0) is 4.79 Å². The number of hydrogen-bond acceptors (Lipinski definition) is 2. The van der Waals surface area contributed by atoms with Gasteiger partial charge >= 0.3 is 5.97 Å². The number of hydrogen-bond donors (Lipinski definition) is 1. The molecule has 0 unspecified atom stereocenters. The van der Waals surface area contributed by atoms with Gasteiger partial charge in [0.05, 0.1) is 5.52 Å². The molecule has 2 aromatic rings. The summed E-state index contributed by atoms with van der Waals surface area (Å²) >= 11 is 3.36. The second-order valence-electron chi connectivity index (χ2n) is 3.33. The molecule has 0 atom stereocenters. The van der Waals surface area contributed by atoms with Crippen molar-refractivity contribution >= 4 is 38.9 Å². The Morgan fingerprint density at radius 1 is 1.41 bits per heavy atom. The Kier molecular flexibility index (Phi) is 3.19. The molecule has 0 saturated heterocycles. The Morgan fingerprint density at radius 2 is 2.18 bits per heavy atom. The quantitative estimate of drug-likeness (QED) is 0.864. The summed E-state index contributed by atoms with van der Waals surface area (Å²) in [7, 11) is 0. The van der Waals surface area contributed by atoms with E-state index in [1.54, 1.807) is 24.4 Å². The second-order valence-corrected chi connectivity index (χ2v) is 4.19. The summed E-state index contributed by atoms with van der Waals surface area (Å²) in [6, 6.07) is 6.92. The highest BCUT2D eigenvalue weighted by Crippen LogP contribution is 2.26. The fraction of sp³-hybridized carbons (Fsp3) is 0. The molecule has 0 saturated carbocycles. The van der Waals surface area contributed by atoms with Gasteiger partial charge in [0.1, 0.15) is 0 Å². The molecule has 0 aliphatic heterocycles. The Morgan fingerprint density at radius 3 is 2.88 bits per heavy atom. The first-order chi connectivity index (χ1) is 8.09. The van der Waals surface area contributed by atoms with Crippen LogP contribution < -0.4 is 0 Å². The average molecular weight is 296 g/mol. The first-order valence-corrected chi connectivity index (χ1v) is 5.52.